The Balaban J connectivity index is 1.97. The van der Waals surface area contributed by atoms with Gasteiger partial charge >= 0.3 is 6.03 Å². The lowest BCUT2D eigenvalue weighted by molar-refractivity contribution is -0.122. The Morgan fingerprint density at radius 2 is 1.83 bits per heavy atom. The van der Waals surface area contributed by atoms with Gasteiger partial charge in [0.15, 0.2) is 0 Å². The predicted molar refractivity (Wildman–Crippen MR) is 96.8 cm³/mol. The van der Waals surface area contributed by atoms with Gasteiger partial charge in [0.25, 0.3) is 11.8 Å². The lowest BCUT2D eigenvalue weighted by atomic mass is 10.1. The van der Waals surface area contributed by atoms with E-state index in [1.807, 2.05) is 25.1 Å². The van der Waals surface area contributed by atoms with Crippen LogP contribution in [0.5, 0.6) is 0 Å². The fourth-order valence-corrected chi connectivity index (χ4v) is 3.69. The van der Waals surface area contributed by atoms with Gasteiger partial charge in [-0.1, -0.05) is 19.1 Å². The molecule has 0 atom stereocenters. The van der Waals surface area contributed by atoms with Crippen LogP contribution >= 0.6 is 27.3 Å². The number of halogens is 1. The fraction of sp³-hybridized carbons (Fsp3) is 0.118. The minimum Gasteiger partial charge on any atom is -0.273 e. The first-order valence-electron chi connectivity index (χ1n) is 7.25. The molecule has 5 nitrogen and oxygen atoms in total. The zero-order chi connectivity index (χ0) is 17.3. The number of thiophene rings is 1. The van der Waals surface area contributed by atoms with E-state index in [1.54, 1.807) is 18.2 Å². The minimum atomic E-state index is -0.737. The van der Waals surface area contributed by atoms with E-state index in [9.17, 15) is 14.4 Å². The quantitative estimate of drug-likeness (QED) is 0.625. The third-order valence-corrected chi connectivity index (χ3v) is 5.16. The number of anilines is 1. The first-order chi connectivity index (χ1) is 11.5. The van der Waals surface area contributed by atoms with Crippen LogP contribution in [0.15, 0.2) is 45.8 Å². The molecule has 1 saturated heterocycles. The number of imide groups is 2. The highest BCUT2D eigenvalue weighted by atomic mass is 79.9. The Labute approximate surface area is 151 Å². The van der Waals surface area contributed by atoms with Crippen molar-refractivity contribution in [2.45, 2.75) is 13.3 Å². The molecule has 0 spiro atoms. The Morgan fingerprint density at radius 1 is 1.12 bits per heavy atom. The Kier molecular flexibility index (Phi) is 4.64. The number of nitrogens with one attached hydrogen (secondary N) is 1. The predicted octanol–water partition coefficient (Wildman–Crippen LogP) is 3.74. The summed E-state index contributed by atoms with van der Waals surface area (Å²) in [6.45, 7) is 2.02. The molecule has 0 saturated carbocycles. The molecular formula is C17H13BrN2O3S. The Bertz CT molecular complexity index is 855. The van der Waals surface area contributed by atoms with E-state index in [4.69, 9.17) is 0 Å². The number of carbonyl (C=O) groups excluding carboxylic acids is 3. The van der Waals surface area contributed by atoms with Gasteiger partial charge in [-0.2, -0.15) is 0 Å². The lowest BCUT2D eigenvalue weighted by Crippen LogP contribution is -2.54. The molecule has 0 bridgehead atoms. The van der Waals surface area contributed by atoms with Gasteiger partial charge in [-0.3, -0.25) is 14.9 Å². The normalized spacial score (nSPS) is 16.7. The van der Waals surface area contributed by atoms with Crippen molar-refractivity contribution in [3.8, 4) is 0 Å². The second kappa shape index (κ2) is 6.70. The van der Waals surface area contributed by atoms with Crippen LogP contribution in [0, 0.1) is 0 Å². The number of carbonyl (C=O) groups is 3. The zero-order valence-electron chi connectivity index (χ0n) is 12.7. The molecular weight excluding hydrogens is 392 g/mol. The van der Waals surface area contributed by atoms with E-state index in [0.717, 1.165) is 25.5 Å². The third-order valence-electron chi connectivity index (χ3n) is 3.59. The number of nitrogens with zero attached hydrogens (tertiary/aromatic N) is 1. The molecule has 1 aromatic heterocycles. The van der Waals surface area contributed by atoms with Gasteiger partial charge in [-0.25, -0.2) is 9.69 Å². The minimum absolute atomic E-state index is 0.0662. The van der Waals surface area contributed by atoms with Crippen molar-refractivity contribution in [1.82, 2.24) is 5.32 Å². The Hall–Kier alpha value is -2.25. The first-order valence-corrected chi connectivity index (χ1v) is 8.86. The maximum absolute atomic E-state index is 12.7. The molecule has 122 valence electrons. The number of benzene rings is 1. The second-order valence-corrected chi connectivity index (χ2v) is 7.61. The molecule has 24 heavy (non-hydrogen) atoms. The van der Waals surface area contributed by atoms with Gasteiger partial charge < -0.3 is 0 Å². The van der Waals surface area contributed by atoms with Crippen molar-refractivity contribution >= 4 is 56.9 Å². The lowest BCUT2D eigenvalue weighted by Gasteiger charge is -2.26. The van der Waals surface area contributed by atoms with Gasteiger partial charge in [0.05, 0.1) is 9.47 Å². The topological polar surface area (TPSA) is 66.5 Å². The number of rotatable bonds is 3. The molecule has 2 aromatic rings. The summed E-state index contributed by atoms with van der Waals surface area (Å²) in [7, 11) is 0. The van der Waals surface area contributed by atoms with Crippen molar-refractivity contribution < 1.29 is 14.4 Å². The van der Waals surface area contributed by atoms with Crippen LogP contribution in [0.1, 0.15) is 17.4 Å². The monoisotopic (exact) mass is 404 g/mol. The first kappa shape index (κ1) is 16.6. The van der Waals surface area contributed by atoms with Gasteiger partial charge in [0.2, 0.25) is 0 Å². The molecule has 4 amide bonds. The number of hydrogen-bond acceptors (Lipinski definition) is 4. The van der Waals surface area contributed by atoms with E-state index in [1.165, 1.54) is 17.4 Å². The summed E-state index contributed by atoms with van der Waals surface area (Å²) >= 11 is 4.73. The van der Waals surface area contributed by atoms with Crippen molar-refractivity contribution in [3.63, 3.8) is 0 Å². The van der Waals surface area contributed by atoms with Crippen molar-refractivity contribution in [2.24, 2.45) is 0 Å². The van der Waals surface area contributed by atoms with Crippen LogP contribution < -0.4 is 10.2 Å². The number of barbiturate groups is 1. The summed E-state index contributed by atoms with van der Waals surface area (Å²) in [6.07, 6.45) is 2.35. The highest BCUT2D eigenvalue weighted by molar-refractivity contribution is 9.11. The molecule has 0 radical (unpaired) electrons. The van der Waals surface area contributed by atoms with E-state index >= 15 is 0 Å². The molecule has 0 unspecified atom stereocenters. The number of aryl methyl sites for hydroxylation is 1. The number of amides is 4. The van der Waals surface area contributed by atoms with E-state index < -0.39 is 17.8 Å². The van der Waals surface area contributed by atoms with Gasteiger partial charge in [0, 0.05) is 4.88 Å². The molecule has 2 heterocycles. The zero-order valence-corrected chi connectivity index (χ0v) is 15.1. The molecule has 1 aliphatic rings. The fourth-order valence-electron chi connectivity index (χ4n) is 2.32. The van der Waals surface area contributed by atoms with Crippen LogP contribution in [0.2, 0.25) is 0 Å². The van der Waals surface area contributed by atoms with Crippen LogP contribution in [0.3, 0.4) is 0 Å². The summed E-state index contributed by atoms with van der Waals surface area (Å²) in [5, 5.41) is 2.22. The summed E-state index contributed by atoms with van der Waals surface area (Å²) in [5.41, 5.74) is 1.46. The van der Waals surface area contributed by atoms with Crippen LogP contribution in [0.25, 0.3) is 6.08 Å². The summed E-state index contributed by atoms with van der Waals surface area (Å²) in [6, 6.07) is 9.99. The Morgan fingerprint density at radius 3 is 2.42 bits per heavy atom. The van der Waals surface area contributed by atoms with Crippen LogP contribution in [0.4, 0.5) is 10.5 Å². The molecule has 1 N–H and O–H groups in total. The molecule has 1 aliphatic heterocycles. The van der Waals surface area contributed by atoms with Crippen molar-refractivity contribution in [3.05, 3.63) is 56.2 Å². The summed E-state index contributed by atoms with van der Waals surface area (Å²) < 4.78 is 0.890. The van der Waals surface area contributed by atoms with E-state index in [2.05, 4.69) is 21.2 Å². The molecule has 1 aromatic carbocycles. The third kappa shape index (κ3) is 3.18. The van der Waals surface area contributed by atoms with Crippen LogP contribution in [-0.4, -0.2) is 17.8 Å². The standard InChI is InChI=1S/C17H13BrN2O3S/c1-2-10-3-5-11(6-4-10)20-16(22)13(15(21)19-17(20)23)9-12-7-8-14(18)24-12/h3-9H,2H2,1H3,(H,19,21,23)/b13-9-. The molecule has 1 fully saturated rings. The van der Waals surface area contributed by atoms with E-state index in [-0.39, 0.29) is 5.57 Å². The largest absolute Gasteiger partial charge is 0.335 e. The van der Waals surface area contributed by atoms with E-state index in [0.29, 0.717) is 5.69 Å². The van der Waals surface area contributed by atoms with Crippen molar-refractivity contribution in [1.29, 1.82) is 0 Å². The van der Waals surface area contributed by atoms with Crippen LogP contribution in [-0.2, 0) is 16.0 Å². The molecule has 3 rings (SSSR count). The maximum Gasteiger partial charge on any atom is 0.335 e. The SMILES string of the molecule is CCc1ccc(N2C(=O)NC(=O)/C(=C/c3ccc(Br)s3)C2=O)cc1. The number of urea groups is 1. The molecule has 0 aliphatic carbocycles. The average molecular weight is 405 g/mol. The summed E-state index contributed by atoms with van der Waals surface area (Å²) in [4.78, 5) is 38.6. The van der Waals surface area contributed by atoms with Gasteiger partial charge in [0.1, 0.15) is 5.57 Å². The van der Waals surface area contributed by atoms with Crippen molar-refractivity contribution in [2.75, 3.05) is 4.90 Å². The summed E-state index contributed by atoms with van der Waals surface area (Å²) in [5.74, 6) is -1.31. The highest BCUT2D eigenvalue weighted by Crippen LogP contribution is 2.27. The molecule has 7 heteroatoms. The maximum atomic E-state index is 12.7. The number of hydrogen-bond donors (Lipinski definition) is 1. The smallest absolute Gasteiger partial charge is 0.273 e. The average Bonchev–Trinajstić information content (AvgIpc) is 2.97. The highest BCUT2D eigenvalue weighted by Gasteiger charge is 2.36. The van der Waals surface area contributed by atoms with Gasteiger partial charge in [-0.15, -0.1) is 11.3 Å². The second-order valence-electron chi connectivity index (χ2n) is 5.12. The van der Waals surface area contributed by atoms with Gasteiger partial charge in [-0.05, 0) is 58.3 Å².